The van der Waals surface area contributed by atoms with E-state index in [2.05, 4.69) is 45.6 Å². The highest BCUT2D eigenvalue weighted by Gasteiger charge is 2.43. The van der Waals surface area contributed by atoms with Gasteiger partial charge >= 0.3 is 0 Å². The largest absolute Gasteiger partial charge is 0.356 e. The molecular weight excluding hydrogens is 388 g/mol. The van der Waals surface area contributed by atoms with Gasteiger partial charge in [0.1, 0.15) is 0 Å². The number of aromatic amines is 1. The van der Waals surface area contributed by atoms with Gasteiger partial charge in [0, 0.05) is 32.0 Å². The van der Waals surface area contributed by atoms with Gasteiger partial charge in [-0.15, -0.1) is 0 Å². The fourth-order valence-electron chi connectivity index (χ4n) is 4.48. The molecule has 0 aliphatic carbocycles. The summed E-state index contributed by atoms with van der Waals surface area (Å²) in [6, 6.07) is 18.6. The molecule has 0 radical (unpaired) electrons. The summed E-state index contributed by atoms with van der Waals surface area (Å²) < 4.78 is 0. The van der Waals surface area contributed by atoms with Crippen LogP contribution in [0.5, 0.6) is 0 Å². The Bertz CT molecular complexity index is 1030. The molecule has 160 valence electrons. The van der Waals surface area contributed by atoms with E-state index in [0.717, 1.165) is 29.5 Å². The lowest BCUT2D eigenvalue weighted by Gasteiger charge is -2.41. The molecule has 3 aromatic rings. The van der Waals surface area contributed by atoms with Gasteiger partial charge in [-0.05, 0) is 42.9 Å². The van der Waals surface area contributed by atoms with Crippen molar-refractivity contribution in [3.63, 3.8) is 0 Å². The summed E-state index contributed by atoms with van der Waals surface area (Å²) in [6.07, 6.45) is 5.33. The van der Waals surface area contributed by atoms with Crippen molar-refractivity contribution in [1.29, 1.82) is 0 Å². The molecule has 4 rings (SSSR count). The third kappa shape index (κ3) is 4.53. The number of hydrogen-bond donors (Lipinski definition) is 2. The summed E-state index contributed by atoms with van der Waals surface area (Å²) in [5.41, 5.74) is 2.71. The molecule has 0 spiro atoms. The fraction of sp³-hybridized carbons (Fsp3) is 0.320. The molecule has 1 aliphatic heterocycles. The number of aromatic nitrogens is 2. The second-order valence-corrected chi connectivity index (χ2v) is 8.15. The van der Waals surface area contributed by atoms with Gasteiger partial charge in [0.15, 0.2) is 5.82 Å². The van der Waals surface area contributed by atoms with Crippen molar-refractivity contribution in [2.75, 3.05) is 19.6 Å². The summed E-state index contributed by atoms with van der Waals surface area (Å²) in [7, 11) is 0. The highest BCUT2D eigenvalue weighted by atomic mass is 16.2. The Labute approximate surface area is 182 Å². The van der Waals surface area contributed by atoms with Crippen LogP contribution in [0.2, 0.25) is 0 Å². The lowest BCUT2D eigenvalue weighted by Crippen LogP contribution is -2.54. The van der Waals surface area contributed by atoms with Crippen LogP contribution in [0.25, 0.3) is 11.1 Å². The second kappa shape index (κ2) is 9.16. The molecule has 2 N–H and O–H groups in total. The summed E-state index contributed by atoms with van der Waals surface area (Å²) in [5.74, 6) is 0.172. The maximum atomic E-state index is 13.3. The van der Waals surface area contributed by atoms with Gasteiger partial charge in [-0.3, -0.25) is 9.59 Å². The van der Waals surface area contributed by atoms with Crippen LogP contribution < -0.4 is 5.32 Å². The smallest absolute Gasteiger partial charge is 0.289 e. The molecule has 1 unspecified atom stereocenters. The summed E-state index contributed by atoms with van der Waals surface area (Å²) >= 11 is 0. The van der Waals surface area contributed by atoms with Crippen LogP contribution in [0.15, 0.2) is 67.0 Å². The zero-order valence-electron chi connectivity index (χ0n) is 17.8. The Morgan fingerprint density at radius 3 is 2.68 bits per heavy atom. The van der Waals surface area contributed by atoms with E-state index >= 15 is 0 Å². The summed E-state index contributed by atoms with van der Waals surface area (Å²) in [6.45, 7) is 3.51. The third-order valence-corrected chi connectivity index (χ3v) is 5.96. The molecule has 2 heterocycles. The molecule has 1 saturated heterocycles. The van der Waals surface area contributed by atoms with E-state index in [0.29, 0.717) is 31.9 Å². The lowest BCUT2D eigenvalue weighted by molar-refractivity contribution is -0.133. The van der Waals surface area contributed by atoms with Crippen LogP contribution in [0.1, 0.15) is 35.9 Å². The van der Waals surface area contributed by atoms with E-state index in [1.54, 1.807) is 17.3 Å². The van der Waals surface area contributed by atoms with Gasteiger partial charge in [-0.1, -0.05) is 54.6 Å². The Morgan fingerprint density at radius 2 is 1.94 bits per heavy atom. The van der Waals surface area contributed by atoms with Crippen molar-refractivity contribution in [1.82, 2.24) is 20.2 Å². The van der Waals surface area contributed by atoms with Crippen molar-refractivity contribution < 1.29 is 9.59 Å². The topological polar surface area (TPSA) is 78.1 Å². The molecular formula is C25H28N4O2. The molecule has 0 saturated carbocycles. The van der Waals surface area contributed by atoms with Crippen molar-refractivity contribution in [2.24, 2.45) is 5.41 Å². The van der Waals surface area contributed by atoms with Crippen LogP contribution in [0.3, 0.4) is 0 Å². The van der Waals surface area contributed by atoms with Gasteiger partial charge in [-0.2, -0.15) is 0 Å². The second-order valence-electron chi connectivity index (χ2n) is 8.15. The predicted molar refractivity (Wildman–Crippen MR) is 120 cm³/mol. The van der Waals surface area contributed by atoms with Gasteiger partial charge in [0.2, 0.25) is 5.91 Å². The highest BCUT2D eigenvalue weighted by Crippen LogP contribution is 2.35. The molecule has 6 nitrogen and oxygen atoms in total. The number of nitrogens with zero attached hydrogens (tertiary/aromatic N) is 2. The third-order valence-electron chi connectivity index (χ3n) is 5.96. The minimum absolute atomic E-state index is 0.0112. The van der Waals surface area contributed by atoms with Crippen LogP contribution in [0.4, 0.5) is 0 Å². The minimum Gasteiger partial charge on any atom is -0.356 e. The highest BCUT2D eigenvalue weighted by molar-refractivity contribution is 5.92. The average molecular weight is 417 g/mol. The average Bonchev–Trinajstić information content (AvgIpc) is 3.35. The Hall–Kier alpha value is -3.41. The molecule has 0 bridgehead atoms. The first-order valence-corrected chi connectivity index (χ1v) is 10.8. The number of nitrogens with one attached hydrogen (secondary N) is 2. The van der Waals surface area contributed by atoms with Crippen LogP contribution in [0, 0.1) is 5.41 Å². The maximum Gasteiger partial charge on any atom is 0.289 e. The number of carbonyl (C=O) groups is 2. The van der Waals surface area contributed by atoms with Gasteiger partial charge in [-0.25, -0.2) is 4.98 Å². The minimum atomic E-state index is -0.661. The van der Waals surface area contributed by atoms with Crippen LogP contribution in [-0.2, 0) is 11.2 Å². The molecule has 1 atom stereocenters. The van der Waals surface area contributed by atoms with Crippen molar-refractivity contribution in [3.8, 4) is 11.1 Å². The van der Waals surface area contributed by atoms with E-state index in [1.165, 1.54) is 0 Å². The molecule has 2 amide bonds. The number of rotatable bonds is 6. The van der Waals surface area contributed by atoms with Crippen molar-refractivity contribution in [2.45, 2.75) is 26.2 Å². The Morgan fingerprint density at radius 1 is 1.13 bits per heavy atom. The zero-order valence-corrected chi connectivity index (χ0v) is 17.8. The monoisotopic (exact) mass is 416 g/mol. The number of hydrogen-bond acceptors (Lipinski definition) is 3. The quantitative estimate of drug-likeness (QED) is 0.643. The first kappa shape index (κ1) is 20.8. The summed E-state index contributed by atoms with van der Waals surface area (Å²) in [4.78, 5) is 34.9. The standard InChI is InChI=1S/C25H28N4O2/c1-2-26-24(31)25(12-7-15-29(18-25)23(30)22-27-13-14-28-22)17-19-8-6-11-21(16-19)20-9-4-3-5-10-20/h3-6,8-11,13-14,16H,2,7,12,15,17-18H2,1H3,(H,26,31)(H,27,28). The van der Waals surface area contributed by atoms with E-state index in [9.17, 15) is 9.59 Å². The first-order chi connectivity index (χ1) is 15.1. The van der Waals surface area contributed by atoms with Gasteiger partial charge in [0.05, 0.1) is 5.41 Å². The molecule has 1 aromatic heterocycles. The zero-order chi connectivity index (χ0) is 21.7. The number of carbonyl (C=O) groups excluding carboxylic acids is 2. The van der Waals surface area contributed by atoms with Crippen molar-refractivity contribution >= 4 is 11.8 Å². The van der Waals surface area contributed by atoms with E-state index in [-0.39, 0.29) is 11.8 Å². The van der Waals surface area contributed by atoms with E-state index in [1.807, 2.05) is 31.2 Å². The predicted octanol–water partition coefficient (Wildman–Crippen LogP) is 3.68. The number of benzene rings is 2. The lowest BCUT2D eigenvalue weighted by atomic mass is 9.74. The Balaban J connectivity index is 1.62. The first-order valence-electron chi connectivity index (χ1n) is 10.8. The van der Waals surface area contributed by atoms with Crippen LogP contribution in [-0.4, -0.2) is 46.3 Å². The molecule has 6 heteroatoms. The summed E-state index contributed by atoms with van der Waals surface area (Å²) in [5, 5.41) is 3.02. The Kier molecular flexibility index (Phi) is 6.16. The number of amides is 2. The molecule has 31 heavy (non-hydrogen) atoms. The van der Waals surface area contributed by atoms with E-state index < -0.39 is 5.41 Å². The number of piperidine rings is 1. The number of likely N-dealkylation sites (tertiary alicyclic amines) is 1. The SMILES string of the molecule is CCNC(=O)C1(Cc2cccc(-c3ccccc3)c2)CCCN(C(=O)c2ncc[nH]2)C1. The normalized spacial score (nSPS) is 18.5. The molecule has 1 aliphatic rings. The van der Waals surface area contributed by atoms with Gasteiger partial charge < -0.3 is 15.2 Å². The molecule has 2 aromatic carbocycles. The van der Waals surface area contributed by atoms with Crippen molar-refractivity contribution in [3.05, 3.63) is 78.4 Å². The fourth-order valence-corrected chi connectivity index (χ4v) is 4.48. The van der Waals surface area contributed by atoms with Crippen LogP contribution >= 0.6 is 0 Å². The van der Waals surface area contributed by atoms with Gasteiger partial charge in [0.25, 0.3) is 5.91 Å². The maximum absolute atomic E-state index is 13.3. The molecule has 1 fully saturated rings. The number of imidazole rings is 1. The number of H-pyrrole nitrogens is 1. The van der Waals surface area contributed by atoms with E-state index in [4.69, 9.17) is 0 Å².